The first-order chi connectivity index (χ1) is 9.65. The highest BCUT2D eigenvalue weighted by atomic mass is 15.1. The summed E-state index contributed by atoms with van der Waals surface area (Å²) in [5.74, 6) is 0.708. The highest BCUT2D eigenvalue weighted by Crippen LogP contribution is 2.17. The number of nitriles is 2. The number of para-hydroxylation sites is 2. The largest absolute Gasteiger partial charge is 0.324 e. The van der Waals surface area contributed by atoms with E-state index in [9.17, 15) is 5.26 Å². The molecule has 1 atom stereocenters. The second-order valence-corrected chi connectivity index (χ2v) is 4.97. The van der Waals surface area contributed by atoms with E-state index in [1.807, 2.05) is 42.7 Å². The molecule has 20 heavy (non-hydrogen) atoms. The third-order valence-electron chi connectivity index (χ3n) is 3.03. The lowest BCUT2D eigenvalue weighted by Gasteiger charge is -2.16. The smallest absolute Gasteiger partial charge is 0.124 e. The molecule has 1 heterocycles. The normalized spacial score (nSPS) is 12.2. The third-order valence-corrected chi connectivity index (χ3v) is 3.03. The topological polar surface area (TPSA) is 77.4 Å². The molecule has 102 valence electrons. The maximum Gasteiger partial charge on any atom is 0.124 e. The summed E-state index contributed by atoms with van der Waals surface area (Å²) >= 11 is 0. The summed E-state index contributed by atoms with van der Waals surface area (Å²) in [7, 11) is 0. The van der Waals surface area contributed by atoms with E-state index in [-0.39, 0.29) is 18.5 Å². The van der Waals surface area contributed by atoms with Crippen LogP contribution in [0.3, 0.4) is 0 Å². The minimum Gasteiger partial charge on any atom is -0.324 e. The maximum absolute atomic E-state index is 9.26. The van der Waals surface area contributed by atoms with E-state index in [0.29, 0.717) is 12.4 Å². The molecule has 1 unspecified atom stereocenters. The van der Waals surface area contributed by atoms with Crippen molar-refractivity contribution in [1.29, 1.82) is 10.5 Å². The van der Waals surface area contributed by atoms with Crippen molar-refractivity contribution in [2.24, 2.45) is 0 Å². The quantitative estimate of drug-likeness (QED) is 0.898. The molecule has 1 aromatic heterocycles. The van der Waals surface area contributed by atoms with E-state index in [1.54, 1.807) is 0 Å². The van der Waals surface area contributed by atoms with E-state index < -0.39 is 0 Å². The summed E-state index contributed by atoms with van der Waals surface area (Å²) in [5.41, 5.74) is 1.82. The van der Waals surface area contributed by atoms with Gasteiger partial charge in [-0.15, -0.1) is 0 Å². The Bertz CT molecular complexity index is 672. The first-order valence-electron chi connectivity index (χ1n) is 6.62. The molecule has 0 radical (unpaired) electrons. The van der Waals surface area contributed by atoms with Crippen LogP contribution in [0.4, 0.5) is 0 Å². The van der Waals surface area contributed by atoms with Gasteiger partial charge in [-0.1, -0.05) is 12.1 Å². The van der Waals surface area contributed by atoms with Crippen LogP contribution in [-0.4, -0.2) is 21.6 Å². The minimum atomic E-state index is -0.301. The van der Waals surface area contributed by atoms with E-state index in [0.717, 1.165) is 11.0 Å². The van der Waals surface area contributed by atoms with Gasteiger partial charge in [-0.2, -0.15) is 10.5 Å². The molecule has 0 aliphatic carbocycles. The number of imidazole rings is 1. The van der Waals surface area contributed by atoms with Crippen LogP contribution >= 0.6 is 0 Å². The molecular weight excluding hydrogens is 250 g/mol. The molecule has 1 N–H and O–H groups in total. The van der Waals surface area contributed by atoms with Gasteiger partial charge in [-0.3, -0.25) is 5.32 Å². The molecule has 0 amide bonds. The molecule has 0 fully saturated rings. The molecule has 0 aliphatic heterocycles. The van der Waals surface area contributed by atoms with E-state index in [4.69, 9.17) is 5.26 Å². The fourth-order valence-corrected chi connectivity index (χ4v) is 2.25. The number of hydrogen-bond donors (Lipinski definition) is 1. The average molecular weight is 267 g/mol. The Balaban J connectivity index is 2.38. The Hall–Kier alpha value is -2.37. The Morgan fingerprint density at radius 2 is 2.05 bits per heavy atom. The van der Waals surface area contributed by atoms with Gasteiger partial charge in [-0.25, -0.2) is 4.98 Å². The van der Waals surface area contributed by atoms with Gasteiger partial charge in [0.1, 0.15) is 11.9 Å². The summed E-state index contributed by atoms with van der Waals surface area (Å²) < 4.78 is 1.96. The number of hydrogen-bond acceptors (Lipinski definition) is 4. The van der Waals surface area contributed by atoms with E-state index in [1.165, 1.54) is 0 Å². The lowest BCUT2D eigenvalue weighted by Crippen LogP contribution is -2.37. The molecule has 0 aliphatic rings. The standard InChI is InChI=1S/C15H17N5/c1-11(2)18-12(9-17)10-20-14-6-4-3-5-13(14)19-15(20)7-8-16/h3-6,11-12,18H,7,10H2,1-2H3. The first kappa shape index (κ1) is 14.0. The lowest BCUT2D eigenvalue weighted by molar-refractivity contribution is 0.476. The summed E-state index contributed by atoms with van der Waals surface area (Å²) in [4.78, 5) is 4.47. The van der Waals surface area contributed by atoms with Crippen LogP contribution < -0.4 is 5.32 Å². The molecule has 5 nitrogen and oxygen atoms in total. The zero-order chi connectivity index (χ0) is 14.5. The van der Waals surface area contributed by atoms with Crippen molar-refractivity contribution in [2.75, 3.05) is 0 Å². The fraction of sp³-hybridized carbons (Fsp3) is 0.400. The summed E-state index contributed by atoms with van der Waals surface area (Å²) in [5, 5.41) is 21.4. The average Bonchev–Trinajstić information content (AvgIpc) is 2.76. The molecule has 0 spiro atoms. The van der Waals surface area contributed by atoms with Gasteiger partial charge in [-0.05, 0) is 26.0 Å². The van der Waals surface area contributed by atoms with Gasteiger partial charge in [0.25, 0.3) is 0 Å². The number of fused-ring (bicyclic) bond motifs is 1. The zero-order valence-corrected chi connectivity index (χ0v) is 11.7. The van der Waals surface area contributed by atoms with Crippen LogP contribution in [0, 0.1) is 22.7 Å². The Kier molecular flexibility index (Phi) is 4.34. The van der Waals surface area contributed by atoms with Crippen molar-refractivity contribution in [3.63, 3.8) is 0 Å². The molecule has 0 bridgehead atoms. The number of nitrogens with one attached hydrogen (secondary N) is 1. The zero-order valence-electron chi connectivity index (χ0n) is 11.7. The van der Waals surface area contributed by atoms with Crippen molar-refractivity contribution >= 4 is 11.0 Å². The van der Waals surface area contributed by atoms with Gasteiger partial charge in [0.2, 0.25) is 0 Å². The second-order valence-electron chi connectivity index (χ2n) is 4.97. The van der Waals surface area contributed by atoms with Crippen molar-refractivity contribution in [3.8, 4) is 12.1 Å². The Morgan fingerprint density at radius 1 is 1.30 bits per heavy atom. The highest BCUT2D eigenvalue weighted by Gasteiger charge is 2.15. The third kappa shape index (κ3) is 2.96. The SMILES string of the molecule is CC(C)NC(C#N)Cn1c(CC#N)nc2ccccc21. The maximum atomic E-state index is 9.26. The fourth-order valence-electron chi connectivity index (χ4n) is 2.25. The molecule has 1 aromatic carbocycles. The van der Waals surface area contributed by atoms with Crippen molar-refractivity contribution in [1.82, 2.24) is 14.9 Å². The molecule has 5 heteroatoms. The van der Waals surface area contributed by atoms with Gasteiger partial charge in [0.15, 0.2) is 0 Å². The van der Waals surface area contributed by atoms with E-state index in [2.05, 4.69) is 22.4 Å². The lowest BCUT2D eigenvalue weighted by atomic mass is 10.2. The van der Waals surface area contributed by atoms with Gasteiger partial charge in [0.05, 0.1) is 36.1 Å². The Morgan fingerprint density at radius 3 is 2.70 bits per heavy atom. The predicted octanol–water partition coefficient (Wildman–Crippen LogP) is 1.99. The van der Waals surface area contributed by atoms with Crippen LogP contribution in [0.2, 0.25) is 0 Å². The number of aromatic nitrogens is 2. The summed E-state index contributed by atoms with van der Waals surface area (Å²) in [6, 6.07) is 12.1. The van der Waals surface area contributed by atoms with Gasteiger partial charge < -0.3 is 4.57 Å². The van der Waals surface area contributed by atoms with E-state index >= 15 is 0 Å². The Labute approximate surface area is 118 Å². The number of benzene rings is 1. The molecule has 2 rings (SSSR count). The monoisotopic (exact) mass is 267 g/mol. The predicted molar refractivity (Wildman–Crippen MR) is 76.7 cm³/mol. The molecular formula is C15H17N5. The van der Waals surface area contributed by atoms with Gasteiger partial charge in [0, 0.05) is 6.04 Å². The highest BCUT2D eigenvalue weighted by molar-refractivity contribution is 5.76. The molecule has 0 saturated heterocycles. The molecule has 0 saturated carbocycles. The number of nitrogens with zero attached hydrogens (tertiary/aromatic N) is 4. The van der Waals surface area contributed by atoms with Gasteiger partial charge >= 0.3 is 0 Å². The van der Waals surface area contributed by atoms with Crippen molar-refractivity contribution in [3.05, 3.63) is 30.1 Å². The molecule has 2 aromatic rings. The first-order valence-corrected chi connectivity index (χ1v) is 6.62. The summed E-state index contributed by atoms with van der Waals surface area (Å²) in [6.07, 6.45) is 0.245. The van der Waals surface area contributed by atoms with Crippen LogP contribution in [0.5, 0.6) is 0 Å². The van der Waals surface area contributed by atoms with Crippen molar-refractivity contribution < 1.29 is 0 Å². The number of rotatable bonds is 5. The second kappa shape index (κ2) is 6.18. The van der Waals surface area contributed by atoms with Crippen LogP contribution in [0.15, 0.2) is 24.3 Å². The summed E-state index contributed by atoms with van der Waals surface area (Å²) in [6.45, 7) is 4.51. The minimum absolute atomic E-state index is 0.230. The van der Waals surface area contributed by atoms with Crippen molar-refractivity contribution in [2.45, 2.75) is 38.9 Å². The van der Waals surface area contributed by atoms with Crippen LogP contribution in [-0.2, 0) is 13.0 Å². The van der Waals surface area contributed by atoms with Crippen LogP contribution in [0.25, 0.3) is 11.0 Å². The van der Waals surface area contributed by atoms with Crippen LogP contribution in [0.1, 0.15) is 19.7 Å².